The van der Waals surface area contributed by atoms with Gasteiger partial charge in [0.05, 0.1) is 63.2 Å². The van der Waals surface area contributed by atoms with Gasteiger partial charge in [-0.15, -0.1) is 0 Å². The van der Waals surface area contributed by atoms with Crippen LogP contribution >= 0.6 is 0 Å². The van der Waals surface area contributed by atoms with E-state index in [1.165, 1.54) is 31.4 Å². The van der Waals surface area contributed by atoms with E-state index in [0.29, 0.717) is 30.9 Å². The van der Waals surface area contributed by atoms with Gasteiger partial charge in [-0.2, -0.15) is 5.26 Å². The minimum atomic E-state index is -1.04. The highest BCUT2D eigenvalue weighted by atomic mass is 16.7. The van der Waals surface area contributed by atoms with Crippen molar-refractivity contribution in [1.29, 1.82) is 5.26 Å². The van der Waals surface area contributed by atoms with Gasteiger partial charge in [0.15, 0.2) is 0 Å². The molecule has 0 spiro atoms. The van der Waals surface area contributed by atoms with Crippen LogP contribution in [0.1, 0.15) is 22.3 Å². The molecule has 0 unspecified atom stereocenters. The fourth-order valence-corrected chi connectivity index (χ4v) is 2.54. The van der Waals surface area contributed by atoms with Gasteiger partial charge in [-0.3, -0.25) is 9.59 Å². The number of hydrogen-bond acceptors (Lipinski definition) is 8. The second kappa shape index (κ2) is 16.2. The summed E-state index contributed by atoms with van der Waals surface area (Å²) in [5, 5.41) is 21.2. The minimum absolute atomic E-state index is 0.0192. The molecule has 2 atom stereocenters. The SMILES string of the molecule is COCCOCOC[C@H](C[C@H](COCCOC)C(=O)O)NC(=O)c1ccc(C#N)cc1. The largest absolute Gasteiger partial charge is 0.481 e. The predicted molar refractivity (Wildman–Crippen MR) is 109 cm³/mol. The van der Waals surface area contributed by atoms with Gasteiger partial charge in [0.2, 0.25) is 0 Å². The predicted octanol–water partition coefficient (Wildman–Crippen LogP) is 1.05. The Balaban J connectivity index is 2.71. The van der Waals surface area contributed by atoms with E-state index >= 15 is 0 Å². The number of hydrogen-bond donors (Lipinski definition) is 2. The second-order valence-electron chi connectivity index (χ2n) is 6.59. The molecule has 10 nitrogen and oxygen atoms in total. The minimum Gasteiger partial charge on any atom is -0.481 e. The third-order valence-corrected chi connectivity index (χ3v) is 4.20. The molecule has 1 amide bonds. The molecule has 172 valence electrons. The standard InChI is InChI=1S/C21H30N2O8/c1-27-7-9-29-13-18(21(25)26)11-19(14-31-15-30-10-8-28-2)23-20(24)17-5-3-16(12-22)4-6-17/h3-6,18-19H,7-11,13-15H2,1-2H3,(H,23,24)(H,25,26)/t18-,19+/m1/s1. The number of methoxy groups -OCH3 is 2. The van der Waals surface area contributed by atoms with E-state index in [-0.39, 0.29) is 33.0 Å². The number of carbonyl (C=O) groups is 2. The molecule has 10 heteroatoms. The molecular formula is C21H30N2O8. The lowest BCUT2D eigenvalue weighted by Gasteiger charge is -2.22. The molecule has 0 aliphatic heterocycles. The maximum absolute atomic E-state index is 12.6. The van der Waals surface area contributed by atoms with E-state index < -0.39 is 23.8 Å². The molecule has 0 aliphatic rings. The average molecular weight is 438 g/mol. The number of nitrogens with zero attached hydrogens (tertiary/aromatic N) is 1. The number of aliphatic carboxylic acids is 1. The molecule has 1 rings (SSSR count). The lowest BCUT2D eigenvalue weighted by Crippen LogP contribution is -2.41. The summed E-state index contributed by atoms with van der Waals surface area (Å²) in [6.07, 6.45) is 0.0996. The molecule has 1 aromatic carbocycles. The smallest absolute Gasteiger partial charge is 0.308 e. The summed E-state index contributed by atoms with van der Waals surface area (Å²) >= 11 is 0. The van der Waals surface area contributed by atoms with E-state index in [1.807, 2.05) is 6.07 Å². The van der Waals surface area contributed by atoms with Gasteiger partial charge in [0, 0.05) is 19.8 Å². The van der Waals surface area contributed by atoms with Crippen LogP contribution in [0.5, 0.6) is 0 Å². The van der Waals surface area contributed by atoms with Gasteiger partial charge in [-0.1, -0.05) is 0 Å². The van der Waals surface area contributed by atoms with Crippen molar-refractivity contribution in [3.05, 3.63) is 35.4 Å². The van der Waals surface area contributed by atoms with Crippen LogP contribution in [-0.4, -0.2) is 83.7 Å². The zero-order chi connectivity index (χ0) is 22.9. The molecule has 0 saturated heterocycles. The Hall–Kier alpha value is -2.55. The Labute approximate surface area is 182 Å². The van der Waals surface area contributed by atoms with Crippen molar-refractivity contribution in [2.24, 2.45) is 5.92 Å². The van der Waals surface area contributed by atoms with Crippen molar-refractivity contribution in [2.45, 2.75) is 12.5 Å². The summed E-state index contributed by atoms with van der Waals surface area (Å²) in [7, 11) is 3.08. The Bertz CT molecular complexity index is 690. The van der Waals surface area contributed by atoms with Crippen LogP contribution in [0.3, 0.4) is 0 Å². The molecule has 1 aromatic rings. The molecule has 0 aromatic heterocycles. The fourth-order valence-electron chi connectivity index (χ4n) is 2.54. The molecule has 0 fully saturated rings. The van der Waals surface area contributed by atoms with Crippen molar-refractivity contribution in [2.75, 3.05) is 60.7 Å². The zero-order valence-electron chi connectivity index (χ0n) is 17.9. The highest BCUT2D eigenvalue weighted by Gasteiger charge is 2.25. The van der Waals surface area contributed by atoms with Crippen molar-refractivity contribution in [1.82, 2.24) is 5.32 Å². The maximum atomic E-state index is 12.6. The summed E-state index contributed by atoms with van der Waals surface area (Å²) in [6.45, 7) is 1.41. The maximum Gasteiger partial charge on any atom is 0.308 e. The summed E-state index contributed by atoms with van der Waals surface area (Å²) < 4.78 is 25.8. The van der Waals surface area contributed by atoms with Crippen LogP contribution in [0.4, 0.5) is 0 Å². The number of nitrogens with one attached hydrogen (secondary N) is 1. The Morgan fingerprint density at radius 3 is 2.23 bits per heavy atom. The van der Waals surface area contributed by atoms with Gasteiger partial charge in [0.25, 0.3) is 5.91 Å². The van der Waals surface area contributed by atoms with E-state index in [4.69, 9.17) is 28.9 Å². The first-order valence-corrected chi connectivity index (χ1v) is 9.76. The van der Waals surface area contributed by atoms with Gasteiger partial charge in [0.1, 0.15) is 6.79 Å². The highest BCUT2D eigenvalue weighted by Crippen LogP contribution is 2.11. The van der Waals surface area contributed by atoms with E-state index in [2.05, 4.69) is 5.32 Å². The number of carbonyl (C=O) groups excluding carboxylic acids is 1. The highest BCUT2D eigenvalue weighted by molar-refractivity contribution is 5.94. The van der Waals surface area contributed by atoms with E-state index in [1.54, 1.807) is 7.11 Å². The van der Waals surface area contributed by atoms with Crippen LogP contribution in [0.25, 0.3) is 0 Å². The molecule has 0 bridgehead atoms. The van der Waals surface area contributed by atoms with Gasteiger partial charge >= 0.3 is 5.97 Å². The van der Waals surface area contributed by atoms with Crippen molar-refractivity contribution < 1.29 is 38.4 Å². The van der Waals surface area contributed by atoms with Gasteiger partial charge in [-0.25, -0.2) is 0 Å². The van der Waals surface area contributed by atoms with Crippen LogP contribution in [0.2, 0.25) is 0 Å². The number of carboxylic acids is 1. The first kappa shape index (κ1) is 26.5. The molecular weight excluding hydrogens is 408 g/mol. The normalized spacial score (nSPS) is 12.7. The quantitative estimate of drug-likeness (QED) is 0.270. The number of nitriles is 1. The summed E-state index contributed by atoms with van der Waals surface area (Å²) in [5.41, 5.74) is 0.785. The molecule has 0 radical (unpaired) electrons. The molecule has 0 aliphatic carbocycles. The van der Waals surface area contributed by atoms with Crippen LogP contribution in [0, 0.1) is 17.2 Å². The molecule has 0 saturated carbocycles. The number of carboxylic acid groups (broad SMARTS) is 1. The summed E-state index contributed by atoms with van der Waals surface area (Å²) in [5.74, 6) is -2.28. The van der Waals surface area contributed by atoms with E-state index in [9.17, 15) is 14.7 Å². The number of benzene rings is 1. The monoisotopic (exact) mass is 438 g/mol. The van der Waals surface area contributed by atoms with Crippen molar-refractivity contribution in [3.8, 4) is 6.07 Å². The average Bonchev–Trinajstić information content (AvgIpc) is 2.77. The lowest BCUT2D eigenvalue weighted by molar-refractivity contribution is -0.145. The van der Waals surface area contributed by atoms with Crippen LogP contribution in [-0.2, 0) is 28.5 Å². The summed E-state index contributed by atoms with van der Waals surface area (Å²) in [6, 6.07) is 7.52. The third-order valence-electron chi connectivity index (χ3n) is 4.20. The van der Waals surface area contributed by atoms with Crippen LogP contribution < -0.4 is 5.32 Å². The topological polar surface area (TPSA) is 136 Å². The van der Waals surface area contributed by atoms with Crippen molar-refractivity contribution >= 4 is 11.9 Å². The number of amides is 1. The van der Waals surface area contributed by atoms with Crippen molar-refractivity contribution in [3.63, 3.8) is 0 Å². The molecule has 31 heavy (non-hydrogen) atoms. The van der Waals surface area contributed by atoms with E-state index in [0.717, 1.165) is 0 Å². The van der Waals surface area contributed by atoms with Gasteiger partial charge in [-0.05, 0) is 30.7 Å². The first-order valence-electron chi connectivity index (χ1n) is 9.76. The summed E-state index contributed by atoms with van der Waals surface area (Å²) in [4.78, 5) is 24.2. The Morgan fingerprint density at radius 1 is 1.00 bits per heavy atom. The zero-order valence-corrected chi connectivity index (χ0v) is 17.9. The molecule has 2 N–H and O–H groups in total. The van der Waals surface area contributed by atoms with Gasteiger partial charge < -0.3 is 34.1 Å². The second-order valence-corrected chi connectivity index (χ2v) is 6.59. The lowest BCUT2D eigenvalue weighted by atomic mass is 10.0. The molecule has 0 heterocycles. The number of rotatable bonds is 17. The number of ether oxygens (including phenoxy) is 5. The van der Waals surface area contributed by atoms with Crippen LogP contribution in [0.15, 0.2) is 24.3 Å². The third kappa shape index (κ3) is 11.4. The Kier molecular flexibility index (Phi) is 13.8. The Morgan fingerprint density at radius 2 is 1.65 bits per heavy atom. The first-order chi connectivity index (χ1) is 15.0. The fraction of sp³-hybridized carbons (Fsp3) is 0.571.